The second kappa shape index (κ2) is 23.0. The molecule has 306 valence electrons. The average Bonchev–Trinajstić information content (AvgIpc) is 3.14. The van der Waals surface area contributed by atoms with Gasteiger partial charge in [0.2, 0.25) is 31.9 Å². The summed E-state index contributed by atoms with van der Waals surface area (Å²) in [6.07, 6.45) is 1.61. The Morgan fingerprint density at radius 1 is 0.696 bits per heavy atom. The molecule has 0 saturated carbocycles. The minimum atomic E-state index is -4.20. The molecule has 0 bridgehead atoms. The van der Waals surface area contributed by atoms with E-state index in [0.29, 0.717) is 31.4 Å². The number of hydrogen-bond donors (Lipinski definition) is 4. The molecule has 0 aliphatic rings. The van der Waals surface area contributed by atoms with Gasteiger partial charge in [-0.3, -0.25) is 19.2 Å². The highest BCUT2D eigenvalue weighted by molar-refractivity contribution is 7.89. The third-order valence-electron chi connectivity index (χ3n) is 9.19. The van der Waals surface area contributed by atoms with E-state index in [0.717, 1.165) is 19.7 Å². The molecular weight excluding hydrogens is 757 g/mol. The Morgan fingerprint density at radius 3 is 1.79 bits per heavy atom. The Morgan fingerprint density at radius 2 is 1.25 bits per heavy atom. The Hall–Kier alpha value is -4.32. The Bertz CT molecular complexity index is 1920. The molecule has 0 aromatic heterocycles. The second-order valence-electron chi connectivity index (χ2n) is 13.9. The molecule has 0 unspecified atom stereocenters. The van der Waals surface area contributed by atoms with Gasteiger partial charge >= 0.3 is 0 Å². The van der Waals surface area contributed by atoms with Crippen molar-refractivity contribution in [2.45, 2.75) is 63.3 Å². The van der Waals surface area contributed by atoms with Gasteiger partial charge in [0.15, 0.2) is 5.78 Å². The van der Waals surface area contributed by atoms with Crippen molar-refractivity contribution in [2.24, 2.45) is 17.4 Å². The molecule has 56 heavy (non-hydrogen) atoms. The van der Waals surface area contributed by atoms with Crippen LogP contribution in [0.2, 0.25) is 0 Å². The SMILES string of the molecule is CC(=O)[C@H](CCCCN)NC(=O)CN(C[C@H](Cc1ccccc1)NC(=O)[C@@H](CC(=O)CN(C)S(=O)(=O)CCN)Cc1ccccc1)S(=O)(=O)Cc1ccccc1. The maximum absolute atomic E-state index is 14.3. The summed E-state index contributed by atoms with van der Waals surface area (Å²) in [5, 5.41) is 5.68. The molecule has 0 aliphatic carbocycles. The van der Waals surface area contributed by atoms with E-state index in [9.17, 15) is 36.0 Å². The molecule has 2 amide bonds. The van der Waals surface area contributed by atoms with Crippen molar-refractivity contribution in [3.05, 3.63) is 108 Å². The largest absolute Gasteiger partial charge is 0.351 e. The van der Waals surface area contributed by atoms with Crippen molar-refractivity contribution in [1.29, 1.82) is 0 Å². The number of benzene rings is 3. The fourth-order valence-corrected chi connectivity index (χ4v) is 8.66. The third kappa shape index (κ3) is 16.0. The minimum absolute atomic E-state index is 0.117. The number of carbonyl (C=O) groups excluding carboxylic acids is 4. The molecule has 0 saturated heterocycles. The van der Waals surface area contributed by atoms with Crippen LogP contribution in [0.5, 0.6) is 0 Å². The van der Waals surface area contributed by atoms with Gasteiger partial charge < -0.3 is 22.1 Å². The first-order chi connectivity index (χ1) is 26.6. The van der Waals surface area contributed by atoms with Crippen molar-refractivity contribution >= 4 is 43.4 Å². The van der Waals surface area contributed by atoms with Crippen molar-refractivity contribution in [3.8, 4) is 0 Å². The first-order valence-corrected chi connectivity index (χ1v) is 21.9. The lowest BCUT2D eigenvalue weighted by molar-refractivity contribution is -0.130. The van der Waals surface area contributed by atoms with Crippen molar-refractivity contribution in [1.82, 2.24) is 19.2 Å². The summed E-state index contributed by atoms with van der Waals surface area (Å²) >= 11 is 0. The number of unbranched alkanes of at least 4 members (excludes halogenated alkanes) is 1. The van der Waals surface area contributed by atoms with Crippen molar-refractivity contribution < 1.29 is 36.0 Å². The molecule has 0 heterocycles. The summed E-state index contributed by atoms with van der Waals surface area (Å²) in [7, 11) is -6.70. The number of likely N-dealkylation sites (N-methyl/N-ethyl adjacent to an activating group) is 1. The van der Waals surface area contributed by atoms with Crippen LogP contribution in [0, 0.1) is 5.92 Å². The topological polar surface area (TPSA) is 219 Å². The van der Waals surface area contributed by atoms with E-state index < -0.39 is 74.5 Å². The van der Waals surface area contributed by atoms with E-state index in [1.54, 1.807) is 42.5 Å². The molecule has 16 heteroatoms. The number of amides is 2. The van der Waals surface area contributed by atoms with Crippen LogP contribution >= 0.6 is 0 Å². The normalized spacial score (nSPS) is 13.5. The fourth-order valence-electron chi connectivity index (χ4n) is 6.19. The lowest BCUT2D eigenvalue weighted by Crippen LogP contribution is -2.52. The number of nitrogens with zero attached hydrogens (tertiary/aromatic N) is 2. The maximum Gasteiger partial charge on any atom is 0.235 e. The molecule has 0 fully saturated rings. The summed E-state index contributed by atoms with van der Waals surface area (Å²) < 4.78 is 55.3. The Balaban J connectivity index is 1.96. The maximum atomic E-state index is 14.3. The first kappa shape index (κ1) is 46.1. The standard InChI is InChI=1S/C40H56N6O8S2/c1-31(47)38(20-12-13-21-41)44-39(49)29-46(56(53,54)30-34-18-10-5-11-19-34)27-36(25-33-16-8-4-9-17-33)43-40(50)35(24-32-14-6-3-7-15-32)26-37(48)28-45(2)55(51,52)23-22-42/h3-11,14-19,35-36,38H,12-13,20-30,41-42H2,1-2H3,(H,43,50)(H,44,49)/t35-,36+,38+/m1/s1. The monoisotopic (exact) mass is 812 g/mol. The molecule has 6 N–H and O–H groups in total. The zero-order chi connectivity index (χ0) is 41.1. The Labute approximate surface area is 331 Å². The smallest absolute Gasteiger partial charge is 0.235 e. The van der Waals surface area contributed by atoms with Crippen LogP contribution in [-0.4, -0.2) is 106 Å². The van der Waals surface area contributed by atoms with Crippen LogP contribution in [0.3, 0.4) is 0 Å². The van der Waals surface area contributed by atoms with Gasteiger partial charge in [-0.1, -0.05) is 91.0 Å². The molecule has 0 spiro atoms. The van der Waals surface area contributed by atoms with Gasteiger partial charge in [0.1, 0.15) is 5.78 Å². The van der Waals surface area contributed by atoms with Gasteiger partial charge in [0.05, 0.1) is 30.6 Å². The molecule has 3 atom stereocenters. The van der Waals surface area contributed by atoms with E-state index in [-0.39, 0.29) is 43.9 Å². The van der Waals surface area contributed by atoms with E-state index in [2.05, 4.69) is 10.6 Å². The zero-order valence-corrected chi connectivity index (χ0v) is 33.8. The number of ketones is 2. The highest BCUT2D eigenvalue weighted by atomic mass is 32.2. The minimum Gasteiger partial charge on any atom is -0.351 e. The molecule has 14 nitrogen and oxygen atoms in total. The first-order valence-electron chi connectivity index (χ1n) is 18.7. The molecule has 0 radical (unpaired) electrons. The third-order valence-corrected chi connectivity index (χ3v) is 12.8. The number of hydrogen-bond acceptors (Lipinski definition) is 10. The summed E-state index contributed by atoms with van der Waals surface area (Å²) in [5.41, 5.74) is 13.1. The van der Waals surface area contributed by atoms with Crippen molar-refractivity contribution in [3.63, 3.8) is 0 Å². The summed E-state index contributed by atoms with van der Waals surface area (Å²) in [5.74, 6) is -3.69. The lowest BCUT2D eigenvalue weighted by Gasteiger charge is -2.29. The number of rotatable bonds is 26. The number of Topliss-reactive ketones (excluding diaryl/α,β-unsaturated/α-hetero) is 2. The summed E-state index contributed by atoms with van der Waals surface area (Å²) in [6.45, 7) is 0.278. The van der Waals surface area contributed by atoms with E-state index >= 15 is 0 Å². The Kier molecular flexibility index (Phi) is 19.0. The fraction of sp³-hybridized carbons (Fsp3) is 0.450. The molecule has 0 aliphatic heterocycles. The molecular formula is C40H56N6O8S2. The molecule has 3 rings (SSSR count). The molecule has 3 aromatic carbocycles. The molecule has 3 aromatic rings. The average molecular weight is 813 g/mol. The van der Waals surface area contributed by atoms with Gasteiger partial charge in [-0.15, -0.1) is 0 Å². The number of sulfonamides is 2. The van der Waals surface area contributed by atoms with Crippen LogP contribution in [0.1, 0.15) is 49.3 Å². The van der Waals surface area contributed by atoms with Gasteiger partial charge in [0.25, 0.3) is 0 Å². The summed E-state index contributed by atoms with van der Waals surface area (Å²) in [4.78, 5) is 53.5. The van der Waals surface area contributed by atoms with Gasteiger partial charge in [-0.2, -0.15) is 8.61 Å². The number of nitrogens with one attached hydrogen (secondary N) is 2. The number of carbonyl (C=O) groups is 4. The number of nitrogens with two attached hydrogens (primary N) is 2. The van der Waals surface area contributed by atoms with Crippen LogP contribution in [-0.2, 0) is 57.8 Å². The predicted molar refractivity (Wildman–Crippen MR) is 217 cm³/mol. The van der Waals surface area contributed by atoms with Crippen molar-refractivity contribution in [2.75, 3.05) is 45.5 Å². The predicted octanol–water partition coefficient (Wildman–Crippen LogP) is 1.79. The lowest BCUT2D eigenvalue weighted by atomic mass is 9.92. The van der Waals surface area contributed by atoms with Crippen LogP contribution in [0.25, 0.3) is 0 Å². The van der Waals surface area contributed by atoms with Crippen LogP contribution in [0.15, 0.2) is 91.0 Å². The van der Waals surface area contributed by atoms with Gasteiger partial charge in [0, 0.05) is 38.5 Å². The van der Waals surface area contributed by atoms with E-state index in [1.807, 2.05) is 48.5 Å². The van der Waals surface area contributed by atoms with Gasteiger partial charge in [-0.25, -0.2) is 16.8 Å². The van der Waals surface area contributed by atoms with Crippen LogP contribution in [0.4, 0.5) is 0 Å². The highest BCUT2D eigenvalue weighted by Gasteiger charge is 2.32. The summed E-state index contributed by atoms with van der Waals surface area (Å²) in [6, 6.07) is 24.9. The highest BCUT2D eigenvalue weighted by Crippen LogP contribution is 2.18. The van der Waals surface area contributed by atoms with Crippen LogP contribution < -0.4 is 22.1 Å². The quantitative estimate of drug-likeness (QED) is 0.0862. The second-order valence-corrected chi connectivity index (χ2v) is 18.1. The van der Waals surface area contributed by atoms with E-state index in [4.69, 9.17) is 11.5 Å². The van der Waals surface area contributed by atoms with E-state index in [1.165, 1.54) is 14.0 Å². The zero-order valence-electron chi connectivity index (χ0n) is 32.2. The van der Waals surface area contributed by atoms with Gasteiger partial charge in [-0.05, 0) is 62.3 Å².